The minimum atomic E-state index is -5.95. The molecule has 1 aliphatic carbocycles. The van der Waals surface area contributed by atoms with Crippen LogP contribution in [0.1, 0.15) is 0 Å². The number of carbonyl (C=O) groups is 1. The van der Waals surface area contributed by atoms with Crippen molar-refractivity contribution < 1.29 is 48.8 Å². The van der Waals surface area contributed by atoms with Crippen LogP contribution in [0.5, 0.6) is 0 Å². The molecule has 0 aromatic heterocycles. The molecule has 0 aromatic carbocycles. The monoisotopic (exact) mass is 364 g/mol. The maximum absolute atomic E-state index is 11.4. The van der Waals surface area contributed by atoms with E-state index in [2.05, 4.69) is 0 Å². The Labute approximate surface area is 118 Å². The number of allylic oxidation sites excluding steroid dienone is 2. The SMILES string of the molecule is O=C(O)C1(S(=O)(=O)O)C(S(=O)(=O)O)=CC=CC1S(=O)(=O)O. The van der Waals surface area contributed by atoms with Crippen LogP contribution in [-0.4, -0.2) is 60.0 Å². The van der Waals surface area contributed by atoms with E-state index in [1.165, 1.54) is 0 Å². The third kappa shape index (κ3) is 2.72. The van der Waals surface area contributed by atoms with Crippen LogP contribution in [0.2, 0.25) is 0 Å². The quantitative estimate of drug-likeness (QED) is 0.414. The summed E-state index contributed by atoms with van der Waals surface area (Å²) in [5, 5.41) is 6.14. The molecule has 1 rings (SSSR count). The minimum absolute atomic E-state index is 0.277. The average molecular weight is 364 g/mol. The highest BCUT2D eigenvalue weighted by Gasteiger charge is 2.66. The molecule has 0 amide bonds. The molecule has 11 nitrogen and oxygen atoms in total. The topological polar surface area (TPSA) is 200 Å². The number of hydrogen-bond donors (Lipinski definition) is 4. The van der Waals surface area contributed by atoms with Crippen LogP contribution in [0.4, 0.5) is 0 Å². The molecule has 0 radical (unpaired) electrons. The van der Waals surface area contributed by atoms with E-state index >= 15 is 0 Å². The van der Waals surface area contributed by atoms with Gasteiger partial charge in [0.2, 0.25) is 0 Å². The second-order valence-corrected chi connectivity index (χ2v) is 8.36. The number of rotatable bonds is 4. The van der Waals surface area contributed by atoms with Crippen molar-refractivity contribution in [1.29, 1.82) is 0 Å². The van der Waals surface area contributed by atoms with Gasteiger partial charge < -0.3 is 5.11 Å². The van der Waals surface area contributed by atoms with Gasteiger partial charge in [0, 0.05) is 0 Å². The maximum Gasteiger partial charge on any atom is 0.334 e. The van der Waals surface area contributed by atoms with Gasteiger partial charge in [-0.2, -0.15) is 25.3 Å². The Morgan fingerprint density at radius 3 is 1.81 bits per heavy atom. The van der Waals surface area contributed by atoms with Crippen molar-refractivity contribution in [1.82, 2.24) is 0 Å². The summed E-state index contributed by atoms with van der Waals surface area (Å²) in [6, 6.07) is 0. The third-order valence-electron chi connectivity index (χ3n) is 2.62. The lowest BCUT2D eigenvalue weighted by Gasteiger charge is -2.32. The molecule has 0 heterocycles. The maximum atomic E-state index is 11.4. The fourth-order valence-electron chi connectivity index (χ4n) is 1.84. The molecule has 0 fully saturated rings. The molecule has 0 aromatic rings. The molecule has 0 spiro atoms. The lowest BCUT2D eigenvalue weighted by molar-refractivity contribution is -0.138. The molecule has 0 aliphatic heterocycles. The summed E-state index contributed by atoms with van der Waals surface area (Å²) < 4.78 is 90.5. The highest BCUT2D eigenvalue weighted by Crippen LogP contribution is 2.39. The number of carboxylic acids is 1. The fourth-order valence-corrected chi connectivity index (χ4v) is 5.98. The molecule has 0 bridgehead atoms. The lowest BCUT2D eigenvalue weighted by atomic mass is 9.99. The Morgan fingerprint density at radius 1 is 1.05 bits per heavy atom. The molecule has 1 aliphatic rings. The zero-order valence-electron chi connectivity index (χ0n) is 9.68. The zero-order valence-corrected chi connectivity index (χ0v) is 12.1. The highest BCUT2D eigenvalue weighted by atomic mass is 32.2. The lowest BCUT2D eigenvalue weighted by Crippen LogP contribution is -2.60. The van der Waals surface area contributed by atoms with Crippen molar-refractivity contribution in [2.24, 2.45) is 0 Å². The van der Waals surface area contributed by atoms with Crippen molar-refractivity contribution in [3.63, 3.8) is 0 Å². The summed E-state index contributed by atoms with van der Waals surface area (Å²) in [5.74, 6) is -2.62. The van der Waals surface area contributed by atoms with Gasteiger partial charge in [-0.3, -0.25) is 13.7 Å². The number of carboxylic acid groups (broad SMARTS) is 1. The number of aliphatic carboxylic acids is 1. The van der Waals surface area contributed by atoms with Gasteiger partial charge in [-0.1, -0.05) is 12.2 Å². The van der Waals surface area contributed by atoms with Crippen molar-refractivity contribution in [3.05, 3.63) is 23.1 Å². The second-order valence-electron chi connectivity index (χ2n) is 3.84. The third-order valence-corrected chi connectivity index (χ3v) is 6.53. The molecule has 0 saturated heterocycles. The molecular formula is C7H8O11S3. The van der Waals surface area contributed by atoms with Crippen LogP contribution in [-0.2, 0) is 35.1 Å². The van der Waals surface area contributed by atoms with Gasteiger partial charge in [0.25, 0.3) is 35.1 Å². The van der Waals surface area contributed by atoms with Crippen molar-refractivity contribution in [2.75, 3.05) is 0 Å². The predicted octanol–water partition coefficient (Wildman–Crippen LogP) is -1.70. The molecule has 4 N–H and O–H groups in total. The first kappa shape index (κ1) is 17.7. The van der Waals surface area contributed by atoms with E-state index in [4.69, 9.17) is 18.8 Å². The van der Waals surface area contributed by atoms with E-state index in [0.717, 1.165) is 0 Å². The zero-order chi connectivity index (χ0) is 16.9. The molecule has 2 unspecified atom stereocenters. The van der Waals surface area contributed by atoms with Crippen molar-refractivity contribution in [2.45, 2.75) is 10.00 Å². The average Bonchev–Trinajstić information content (AvgIpc) is 2.23. The highest BCUT2D eigenvalue weighted by molar-refractivity contribution is 7.95. The van der Waals surface area contributed by atoms with E-state index in [1.54, 1.807) is 0 Å². The summed E-state index contributed by atoms with van der Waals surface area (Å²) in [5.41, 5.74) is 0. The van der Waals surface area contributed by atoms with Crippen molar-refractivity contribution in [3.8, 4) is 0 Å². The first-order valence-corrected chi connectivity index (χ1v) is 9.08. The van der Waals surface area contributed by atoms with Crippen LogP contribution >= 0.6 is 0 Å². The Morgan fingerprint density at radius 2 is 1.52 bits per heavy atom. The van der Waals surface area contributed by atoms with E-state index in [-0.39, 0.29) is 6.08 Å². The summed E-state index contributed by atoms with van der Waals surface area (Å²) in [7, 11) is -17.0. The first-order chi connectivity index (χ1) is 9.16. The Bertz CT molecular complexity index is 841. The van der Waals surface area contributed by atoms with Crippen molar-refractivity contribution >= 4 is 36.3 Å². The van der Waals surface area contributed by atoms with Gasteiger partial charge in [-0.15, -0.1) is 0 Å². The van der Waals surface area contributed by atoms with Gasteiger partial charge in [-0.25, -0.2) is 4.79 Å². The molecule has 14 heteroatoms. The van der Waals surface area contributed by atoms with E-state index < -0.39 is 51.2 Å². The van der Waals surface area contributed by atoms with Gasteiger partial charge in [-0.05, 0) is 6.08 Å². The van der Waals surface area contributed by atoms with E-state index in [0.29, 0.717) is 12.2 Å². The smallest absolute Gasteiger partial charge is 0.334 e. The van der Waals surface area contributed by atoms with Gasteiger partial charge in [0.05, 0.1) is 0 Å². The second kappa shape index (κ2) is 4.85. The Kier molecular flexibility index (Phi) is 4.10. The van der Waals surface area contributed by atoms with Crippen LogP contribution in [0.25, 0.3) is 0 Å². The van der Waals surface area contributed by atoms with Crippen LogP contribution in [0, 0.1) is 0 Å². The summed E-state index contributed by atoms with van der Waals surface area (Å²) in [6.45, 7) is 0. The van der Waals surface area contributed by atoms with Gasteiger partial charge in [0.15, 0.2) is 0 Å². The summed E-state index contributed by atoms with van der Waals surface area (Å²) in [4.78, 5) is 9.45. The summed E-state index contributed by atoms with van der Waals surface area (Å²) >= 11 is 0. The first-order valence-electron chi connectivity index (χ1n) is 4.70. The van der Waals surface area contributed by atoms with Gasteiger partial charge in [0.1, 0.15) is 10.2 Å². The molecule has 2 atom stereocenters. The molecule has 120 valence electrons. The van der Waals surface area contributed by atoms with E-state index in [9.17, 15) is 30.0 Å². The van der Waals surface area contributed by atoms with Gasteiger partial charge >= 0.3 is 5.97 Å². The van der Waals surface area contributed by atoms with E-state index in [1.807, 2.05) is 0 Å². The van der Waals surface area contributed by atoms with Crippen LogP contribution in [0.3, 0.4) is 0 Å². The largest absolute Gasteiger partial charge is 0.480 e. The fraction of sp³-hybridized carbons (Fsp3) is 0.286. The minimum Gasteiger partial charge on any atom is -0.480 e. The standard InChI is InChI=1S/C7H8O11S3/c8-6(9)7(21(16,17)18)4(19(10,11)12)2-1-3-5(7)20(13,14)15/h1-4H,(H,8,9)(H,10,11,12)(H,13,14,15)(H,16,17,18). The number of hydrogen-bond acceptors (Lipinski definition) is 7. The Balaban J connectivity index is 4.07. The molecule has 21 heavy (non-hydrogen) atoms. The van der Waals surface area contributed by atoms with Crippen LogP contribution < -0.4 is 0 Å². The summed E-state index contributed by atoms with van der Waals surface area (Å²) in [6.07, 6.45) is 1.21. The molecular weight excluding hydrogens is 356 g/mol. The molecule has 0 saturated carbocycles. The van der Waals surface area contributed by atoms with Crippen LogP contribution in [0.15, 0.2) is 23.1 Å². The Hall–Kier alpha value is -1.32. The normalized spacial score (nSPS) is 27.2. The predicted molar refractivity (Wildman–Crippen MR) is 66.0 cm³/mol.